The molecule has 0 radical (unpaired) electrons. The predicted molar refractivity (Wildman–Crippen MR) is 98.2 cm³/mol. The van der Waals surface area contributed by atoms with E-state index in [0.717, 1.165) is 12.8 Å². The van der Waals surface area contributed by atoms with Crippen LogP contribution >= 0.6 is 0 Å². The molecule has 1 aliphatic rings. The summed E-state index contributed by atoms with van der Waals surface area (Å²) in [5.74, 6) is -1.19. The molecule has 0 aromatic carbocycles. The fraction of sp³-hybridized carbons (Fsp3) is 0.850. The Morgan fingerprint density at radius 3 is 2.48 bits per heavy atom. The Kier molecular flexibility index (Phi) is 11.0. The van der Waals surface area contributed by atoms with Gasteiger partial charge in [0.2, 0.25) is 0 Å². The van der Waals surface area contributed by atoms with Crippen molar-refractivity contribution in [3.63, 3.8) is 0 Å². The first-order chi connectivity index (χ1) is 12.0. The van der Waals surface area contributed by atoms with Gasteiger partial charge in [-0.15, -0.1) is 0 Å². The van der Waals surface area contributed by atoms with E-state index in [9.17, 15) is 20.1 Å². The summed E-state index contributed by atoms with van der Waals surface area (Å²) in [5, 5.41) is 39.6. The fourth-order valence-corrected chi connectivity index (χ4v) is 3.87. The van der Waals surface area contributed by atoms with E-state index in [-0.39, 0.29) is 18.3 Å². The number of aliphatic hydroxyl groups excluding tert-OH is 3. The normalized spacial score (nSPS) is 27.8. The maximum absolute atomic E-state index is 10.5. The molecule has 0 heterocycles. The summed E-state index contributed by atoms with van der Waals surface area (Å²) >= 11 is 0. The maximum atomic E-state index is 10.5. The number of carbonyl (C=O) groups is 1. The number of aliphatic carboxylic acids is 1. The molecule has 0 aromatic rings. The lowest BCUT2D eigenvalue weighted by Crippen LogP contribution is -2.33. The molecular formula is C20H36O5. The lowest BCUT2D eigenvalue weighted by Gasteiger charge is -2.27. The number of carboxylic acids is 1. The fourth-order valence-electron chi connectivity index (χ4n) is 3.87. The second-order valence-corrected chi connectivity index (χ2v) is 7.37. The molecule has 1 rings (SSSR count). The molecule has 0 aromatic heterocycles. The molecule has 1 fully saturated rings. The van der Waals surface area contributed by atoms with Crippen molar-refractivity contribution in [2.24, 2.45) is 11.8 Å². The Balaban J connectivity index is 2.41. The zero-order valence-corrected chi connectivity index (χ0v) is 15.5. The van der Waals surface area contributed by atoms with Crippen LogP contribution in [0, 0.1) is 11.8 Å². The highest BCUT2D eigenvalue weighted by atomic mass is 16.4. The van der Waals surface area contributed by atoms with Crippen molar-refractivity contribution in [2.75, 3.05) is 0 Å². The highest BCUT2D eigenvalue weighted by Crippen LogP contribution is 2.38. The molecule has 25 heavy (non-hydrogen) atoms. The quantitative estimate of drug-likeness (QED) is 0.300. The van der Waals surface area contributed by atoms with Crippen LogP contribution < -0.4 is 0 Å². The topological polar surface area (TPSA) is 98.0 Å². The molecule has 1 saturated carbocycles. The van der Waals surface area contributed by atoms with Gasteiger partial charge in [-0.3, -0.25) is 4.79 Å². The molecule has 0 aliphatic heterocycles. The van der Waals surface area contributed by atoms with Crippen LogP contribution in [-0.4, -0.2) is 44.7 Å². The van der Waals surface area contributed by atoms with Gasteiger partial charge < -0.3 is 20.4 Å². The summed E-state index contributed by atoms with van der Waals surface area (Å²) < 4.78 is 0. The third-order valence-corrected chi connectivity index (χ3v) is 5.30. The van der Waals surface area contributed by atoms with Gasteiger partial charge in [-0.2, -0.15) is 0 Å². The number of hydrogen-bond acceptors (Lipinski definition) is 4. The number of unbranched alkanes of at least 4 members (excludes halogenated alkanes) is 5. The van der Waals surface area contributed by atoms with Gasteiger partial charge >= 0.3 is 5.97 Å². The van der Waals surface area contributed by atoms with Crippen LogP contribution in [0.25, 0.3) is 0 Å². The van der Waals surface area contributed by atoms with Crippen molar-refractivity contribution < 1.29 is 25.2 Å². The Bertz CT molecular complexity index is 396. The van der Waals surface area contributed by atoms with Crippen LogP contribution in [0.2, 0.25) is 0 Å². The average molecular weight is 357 g/mol. The van der Waals surface area contributed by atoms with Crippen molar-refractivity contribution in [2.45, 2.75) is 95.9 Å². The molecule has 0 spiro atoms. The molecule has 5 heteroatoms. The summed E-state index contributed by atoms with van der Waals surface area (Å²) in [4.78, 5) is 10.5. The van der Waals surface area contributed by atoms with Crippen LogP contribution in [0.4, 0.5) is 0 Å². The smallest absolute Gasteiger partial charge is 0.303 e. The minimum Gasteiger partial charge on any atom is -0.481 e. The lowest BCUT2D eigenvalue weighted by molar-refractivity contribution is -0.137. The minimum absolute atomic E-state index is 0.128. The monoisotopic (exact) mass is 356 g/mol. The molecule has 0 amide bonds. The van der Waals surface area contributed by atoms with Crippen molar-refractivity contribution >= 4 is 5.97 Å². The number of rotatable bonds is 13. The molecule has 146 valence electrons. The first kappa shape index (κ1) is 22.1. The molecule has 5 nitrogen and oxygen atoms in total. The van der Waals surface area contributed by atoms with Crippen molar-refractivity contribution in [1.29, 1.82) is 0 Å². The Morgan fingerprint density at radius 2 is 1.80 bits per heavy atom. The number of aliphatic hydroxyl groups is 3. The van der Waals surface area contributed by atoms with Gasteiger partial charge in [0.1, 0.15) is 0 Å². The maximum Gasteiger partial charge on any atom is 0.303 e. The Morgan fingerprint density at radius 1 is 1.08 bits per heavy atom. The van der Waals surface area contributed by atoms with E-state index in [1.165, 1.54) is 19.3 Å². The van der Waals surface area contributed by atoms with Crippen LogP contribution in [-0.2, 0) is 4.79 Å². The lowest BCUT2D eigenvalue weighted by atomic mass is 9.84. The van der Waals surface area contributed by atoms with Gasteiger partial charge in [0.25, 0.3) is 0 Å². The van der Waals surface area contributed by atoms with Gasteiger partial charge in [-0.1, -0.05) is 51.2 Å². The zero-order chi connectivity index (χ0) is 18.7. The van der Waals surface area contributed by atoms with Gasteiger partial charge in [-0.25, -0.2) is 0 Å². The average Bonchev–Trinajstić information content (AvgIpc) is 2.83. The number of hydrogen-bond donors (Lipinski definition) is 4. The van der Waals surface area contributed by atoms with Crippen LogP contribution in [0.1, 0.15) is 77.6 Å². The van der Waals surface area contributed by atoms with Crippen LogP contribution in [0.3, 0.4) is 0 Å². The van der Waals surface area contributed by atoms with E-state index in [1.807, 2.05) is 12.2 Å². The van der Waals surface area contributed by atoms with Crippen molar-refractivity contribution in [3.05, 3.63) is 12.2 Å². The zero-order valence-electron chi connectivity index (χ0n) is 15.5. The van der Waals surface area contributed by atoms with E-state index in [2.05, 4.69) is 6.92 Å². The second kappa shape index (κ2) is 12.4. The van der Waals surface area contributed by atoms with E-state index in [1.54, 1.807) is 0 Å². The van der Waals surface area contributed by atoms with E-state index in [0.29, 0.717) is 32.1 Å². The summed E-state index contributed by atoms with van der Waals surface area (Å²) in [7, 11) is 0. The Labute approximate surface area is 151 Å². The summed E-state index contributed by atoms with van der Waals surface area (Å²) in [6.07, 6.45) is 10.8. The van der Waals surface area contributed by atoms with E-state index < -0.39 is 24.3 Å². The van der Waals surface area contributed by atoms with Gasteiger partial charge in [0.05, 0.1) is 18.3 Å². The summed E-state index contributed by atoms with van der Waals surface area (Å²) in [6, 6.07) is 0. The third-order valence-electron chi connectivity index (χ3n) is 5.30. The third kappa shape index (κ3) is 8.34. The SMILES string of the molecule is CCCCCCCC(O)C1C(O)CC(O)C1C/C=C\CCCC(=O)O. The number of carboxylic acid groups (broad SMARTS) is 1. The molecule has 0 saturated heterocycles. The van der Waals surface area contributed by atoms with Crippen molar-refractivity contribution in [3.8, 4) is 0 Å². The van der Waals surface area contributed by atoms with E-state index in [4.69, 9.17) is 5.11 Å². The first-order valence-electron chi connectivity index (χ1n) is 9.88. The molecule has 5 atom stereocenters. The molecule has 4 N–H and O–H groups in total. The highest BCUT2D eigenvalue weighted by molar-refractivity contribution is 5.66. The van der Waals surface area contributed by atoms with Gasteiger partial charge in [-0.05, 0) is 38.0 Å². The first-order valence-corrected chi connectivity index (χ1v) is 9.88. The molecular weight excluding hydrogens is 320 g/mol. The standard InChI is InChI=1S/C20H36O5/c1-2-3-4-5-9-12-16(21)20-15(17(22)14-18(20)23)11-8-6-7-10-13-19(24)25/h6,8,15-18,20-23H,2-5,7,9-14H2,1H3,(H,24,25)/b8-6-. The largest absolute Gasteiger partial charge is 0.481 e. The van der Waals surface area contributed by atoms with Gasteiger partial charge in [0.15, 0.2) is 0 Å². The highest BCUT2D eigenvalue weighted by Gasteiger charge is 2.44. The molecule has 5 unspecified atom stereocenters. The van der Waals surface area contributed by atoms with Gasteiger partial charge in [0, 0.05) is 12.3 Å². The van der Waals surface area contributed by atoms with E-state index >= 15 is 0 Å². The molecule has 1 aliphatic carbocycles. The predicted octanol–water partition coefficient (Wildman–Crippen LogP) is 3.27. The van der Waals surface area contributed by atoms with Crippen LogP contribution in [0.5, 0.6) is 0 Å². The van der Waals surface area contributed by atoms with Crippen molar-refractivity contribution in [1.82, 2.24) is 0 Å². The second-order valence-electron chi connectivity index (χ2n) is 7.37. The minimum atomic E-state index is -0.787. The van der Waals surface area contributed by atoms with Crippen LogP contribution in [0.15, 0.2) is 12.2 Å². The molecule has 0 bridgehead atoms. The number of allylic oxidation sites excluding steroid dienone is 2. The summed E-state index contributed by atoms with van der Waals surface area (Å²) in [5.41, 5.74) is 0. The summed E-state index contributed by atoms with van der Waals surface area (Å²) in [6.45, 7) is 2.17. The Hall–Kier alpha value is -0.910.